The molecule has 0 spiro atoms. The van der Waals surface area contributed by atoms with Crippen molar-refractivity contribution >= 4 is 35.7 Å². The molecule has 1 aromatic carbocycles. The Labute approximate surface area is 180 Å². The number of carbonyl (C=O) groups is 1. The Kier molecular flexibility index (Phi) is 8.72. The smallest absolute Gasteiger partial charge is 0.341 e. The number of carbonyl (C=O) groups excluding carboxylic acids is 1. The van der Waals surface area contributed by atoms with Gasteiger partial charge >= 0.3 is 12.1 Å². The van der Waals surface area contributed by atoms with Gasteiger partial charge in [-0.25, -0.2) is 9.98 Å². The van der Waals surface area contributed by atoms with Crippen molar-refractivity contribution in [2.45, 2.75) is 39.8 Å². The predicted octanol–water partition coefficient (Wildman–Crippen LogP) is 5.39. The first-order valence-corrected chi connectivity index (χ1v) is 10.1. The number of anilines is 2. The summed E-state index contributed by atoms with van der Waals surface area (Å²) < 4.78 is 40.1. The van der Waals surface area contributed by atoms with Gasteiger partial charge in [-0.3, -0.25) is 9.69 Å². The molecule has 0 aliphatic carbocycles. The molecule has 166 valence electrons. The number of aromatic nitrogens is 2. The van der Waals surface area contributed by atoms with E-state index in [0.717, 1.165) is 12.6 Å². The molecule has 0 saturated carbocycles. The minimum Gasteiger partial charge on any atom is -0.341 e. The molecule has 1 heterocycles. The van der Waals surface area contributed by atoms with Gasteiger partial charge in [0.15, 0.2) is 5.82 Å². The van der Waals surface area contributed by atoms with Crippen molar-refractivity contribution in [2.75, 3.05) is 22.9 Å². The lowest BCUT2D eigenvalue weighted by atomic mass is 10.2. The third-order valence-corrected chi connectivity index (χ3v) is 4.35. The summed E-state index contributed by atoms with van der Waals surface area (Å²) in [5, 5.41) is 0. The number of hydrogen-bond donors (Lipinski definition) is 0. The third kappa shape index (κ3) is 6.63. The molecule has 2 aromatic rings. The van der Waals surface area contributed by atoms with Gasteiger partial charge in [0.2, 0.25) is 5.95 Å². The van der Waals surface area contributed by atoms with Crippen molar-refractivity contribution < 1.29 is 18.0 Å². The number of alkyl halides is 3. The van der Waals surface area contributed by atoms with Crippen LogP contribution < -0.4 is 9.80 Å². The molecule has 0 fully saturated rings. The second-order valence-corrected chi connectivity index (χ2v) is 6.55. The van der Waals surface area contributed by atoms with Gasteiger partial charge in [0.25, 0.3) is 0 Å². The number of hydrogen-bond acceptors (Lipinski definition) is 5. The molecule has 0 saturated heterocycles. The van der Waals surface area contributed by atoms with Gasteiger partial charge < -0.3 is 4.90 Å². The van der Waals surface area contributed by atoms with Crippen LogP contribution in [0.15, 0.2) is 47.7 Å². The molecule has 31 heavy (non-hydrogen) atoms. The van der Waals surface area contributed by atoms with E-state index in [4.69, 9.17) is 0 Å². The minimum atomic E-state index is -5.08. The number of amides is 1. The van der Waals surface area contributed by atoms with Crippen LogP contribution in [0.5, 0.6) is 0 Å². The average molecular weight is 433 g/mol. The van der Waals surface area contributed by atoms with Crippen LogP contribution in [-0.2, 0) is 4.79 Å². The van der Waals surface area contributed by atoms with E-state index in [1.54, 1.807) is 36.5 Å². The molecule has 1 aromatic heterocycles. The van der Waals surface area contributed by atoms with Crippen molar-refractivity contribution in [1.82, 2.24) is 9.97 Å². The number of rotatable bonds is 9. The topological polar surface area (TPSA) is 61.7 Å². The lowest BCUT2D eigenvalue weighted by Crippen LogP contribution is -2.38. The van der Waals surface area contributed by atoms with E-state index in [9.17, 15) is 18.0 Å². The first-order chi connectivity index (χ1) is 14.8. The molecular weight excluding hydrogens is 407 g/mol. The molecule has 0 radical (unpaired) electrons. The fourth-order valence-corrected chi connectivity index (χ4v) is 2.68. The second kappa shape index (κ2) is 11.2. The van der Waals surface area contributed by atoms with Crippen LogP contribution in [0.4, 0.5) is 30.6 Å². The van der Waals surface area contributed by atoms with E-state index < -0.39 is 12.1 Å². The Morgan fingerprint density at radius 2 is 1.81 bits per heavy atom. The fourth-order valence-electron chi connectivity index (χ4n) is 2.68. The second-order valence-electron chi connectivity index (χ2n) is 6.55. The Bertz CT molecular complexity index is 909. The Morgan fingerprint density at radius 1 is 1.13 bits per heavy atom. The van der Waals surface area contributed by atoms with E-state index in [-0.39, 0.29) is 11.5 Å². The van der Waals surface area contributed by atoms with E-state index in [1.165, 1.54) is 12.3 Å². The van der Waals surface area contributed by atoms with E-state index in [1.807, 2.05) is 25.7 Å². The molecular formula is C22H26F3N5O. The normalized spacial score (nSPS) is 11.9. The van der Waals surface area contributed by atoms with Gasteiger partial charge in [0, 0.05) is 25.5 Å². The molecule has 0 unspecified atom stereocenters. The van der Waals surface area contributed by atoms with Crippen molar-refractivity contribution in [3.63, 3.8) is 0 Å². The summed E-state index contributed by atoms with van der Waals surface area (Å²) in [5.41, 5.74) is 0.497. The van der Waals surface area contributed by atoms with Crippen LogP contribution >= 0.6 is 0 Å². The number of nitrogens with zero attached hydrogens (tertiary/aromatic N) is 5. The lowest BCUT2D eigenvalue weighted by molar-refractivity contribution is -0.169. The van der Waals surface area contributed by atoms with Gasteiger partial charge in [-0.15, -0.1) is 0 Å². The highest BCUT2D eigenvalue weighted by molar-refractivity contribution is 6.01. The Morgan fingerprint density at radius 3 is 2.39 bits per heavy atom. The van der Waals surface area contributed by atoms with Crippen LogP contribution in [-0.4, -0.2) is 41.4 Å². The standard InChI is InChI=1S/C22H26F3N5O/c1-4-7-14-26-19-18(16-27-21(28-19)29(5-2)6-3)30(20(31)22(23,24)25)15-13-17-11-9-8-10-12-17/h8-16H,4-7H2,1-3H3. The zero-order chi connectivity index (χ0) is 22.9. The molecule has 6 nitrogen and oxygen atoms in total. The molecule has 0 atom stereocenters. The SMILES string of the molecule is CCCC=Nc1nc(N(CC)CC)ncc1N(C=Cc1ccccc1)C(=O)C(F)(F)F. The zero-order valence-electron chi connectivity index (χ0n) is 17.8. The van der Waals surface area contributed by atoms with Crippen LogP contribution in [0.25, 0.3) is 6.08 Å². The summed E-state index contributed by atoms with van der Waals surface area (Å²) in [5.74, 6) is -1.71. The summed E-state index contributed by atoms with van der Waals surface area (Å²) in [7, 11) is 0. The van der Waals surface area contributed by atoms with Gasteiger partial charge in [-0.2, -0.15) is 18.2 Å². The highest BCUT2D eigenvalue weighted by atomic mass is 19.4. The summed E-state index contributed by atoms with van der Waals surface area (Å²) in [6.07, 6.45) is 1.63. The first kappa shape index (κ1) is 24.0. The summed E-state index contributed by atoms with van der Waals surface area (Å²) in [6, 6.07) is 8.71. The quantitative estimate of drug-likeness (QED) is 0.498. The Balaban J connectivity index is 2.58. The molecule has 0 N–H and O–H groups in total. The van der Waals surface area contributed by atoms with Gasteiger partial charge in [0.05, 0.1) is 6.20 Å². The average Bonchev–Trinajstić information content (AvgIpc) is 2.76. The van der Waals surface area contributed by atoms with E-state index in [2.05, 4.69) is 15.0 Å². The number of halogens is 3. The summed E-state index contributed by atoms with van der Waals surface area (Å²) >= 11 is 0. The third-order valence-electron chi connectivity index (χ3n) is 4.35. The summed E-state index contributed by atoms with van der Waals surface area (Å²) in [4.78, 5) is 27.4. The molecule has 0 aliphatic rings. The zero-order valence-corrected chi connectivity index (χ0v) is 17.8. The van der Waals surface area contributed by atoms with E-state index in [0.29, 0.717) is 35.9 Å². The highest BCUT2D eigenvalue weighted by Crippen LogP contribution is 2.32. The molecule has 0 aliphatic heterocycles. The summed E-state index contributed by atoms with van der Waals surface area (Å²) in [6.45, 7) is 7.03. The first-order valence-electron chi connectivity index (χ1n) is 10.1. The van der Waals surface area contributed by atoms with Crippen LogP contribution in [0, 0.1) is 0 Å². The lowest BCUT2D eigenvalue weighted by Gasteiger charge is -2.23. The van der Waals surface area contributed by atoms with Gasteiger partial charge in [-0.1, -0.05) is 43.7 Å². The minimum absolute atomic E-state index is 0.000613. The molecule has 0 bridgehead atoms. The van der Waals surface area contributed by atoms with E-state index >= 15 is 0 Å². The van der Waals surface area contributed by atoms with Crippen LogP contribution in [0.2, 0.25) is 0 Å². The fraction of sp³-hybridized carbons (Fsp3) is 0.364. The van der Waals surface area contributed by atoms with Crippen molar-refractivity contribution in [3.8, 4) is 0 Å². The molecule has 1 amide bonds. The number of aliphatic imine (C=N–C) groups is 1. The highest BCUT2D eigenvalue weighted by Gasteiger charge is 2.43. The maximum atomic E-state index is 13.4. The Hall–Kier alpha value is -3.23. The number of unbranched alkanes of at least 4 members (excludes halogenated alkanes) is 1. The monoisotopic (exact) mass is 433 g/mol. The van der Waals surface area contributed by atoms with Gasteiger partial charge in [0.1, 0.15) is 5.69 Å². The largest absolute Gasteiger partial charge is 0.472 e. The van der Waals surface area contributed by atoms with Crippen molar-refractivity contribution in [1.29, 1.82) is 0 Å². The maximum absolute atomic E-state index is 13.4. The molecule has 2 rings (SSSR count). The van der Waals surface area contributed by atoms with Crippen molar-refractivity contribution in [3.05, 3.63) is 48.3 Å². The number of benzene rings is 1. The van der Waals surface area contributed by atoms with Crippen LogP contribution in [0.1, 0.15) is 39.2 Å². The van der Waals surface area contributed by atoms with Gasteiger partial charge in [-0.05, 0) is 31.9 Å². The van der Waals surface area contributed by atoms with Crippen molar-refractivity contribution in [2.24, 2.45) is 4.99 Å². The predicted molar refractivity (Wildman–Crippen MR) is 118 cm³/mol. The van der Waals surface area contributed by atoms with Crippen LogP contribution in [0.3, 0.4) is 0 Å². The maximum Gasteiger partial charge on any atom is 0.472 e. The molecule has 9 heteroatoms.